The first-order valence-electron chi connectivity index (χ1n) is 6.41. The van der Waals surface area contributed by atoms with E-state index in [0.29, 0.717) is 6.04 Å². The molecule has 1 fully saturated rings. The van der Waals surface area contributed by atoms with Crippen LogP contribution in [0.15, 0.2) is 29.3 Å². The van der Waals surface area contributed by atoms with Crippen LogP contribution in [0.1, 0.15) is 30.9 Å². The summed E-state index contributed by atoms with van der Waals surface area (Å²) < 4.78 is 7.06. The van der Waals surface area contributed by atoms with Gasteiger partial charge in [0, 0.05) is 22.6 Å². The van der Waals surface area contributed by atoms with Crippen molar-refractivity contribution in [2.24, 2.45) is 0 Å². The second kappa shape index (κ2) is 5.89. The van der Waals surface area contributed by atoms with Crippen molar-refractivity contribution in [3.05, 3.63) is 40.4 Å². The molecule has 1 aromatic carbocycles. The van der Waals surface area contributed by atoms with Crippen LogP contribution in [0.5, 0.6) is 5.75 Å². The molecule has 98 valence electrons. The zero-order chi connectivity index (χ0) is 13.1. The van der Waals surface area contributed by atoms with Gasteiger partial charge in [0.2, 0.25) is 0 Å². The fourth-order valence-corrected chi connectivity index (χ4v) is 2.49. The molecule has 0 heterocycles. The molecule has 2 rings (SSSR count). The highest BCUT2D eigenvalue weighted by atomic mass is 79.9. The molecule has 3 heteroatoms. The van der Waals surface area contributed by atoms with E-state index >= 15 is 0 Å². The molecule has 0 spiro atoms. The van der Waals surface area contributed by atoms with Crippen LogP contribution in [0.2, 0.25) is 0 Å². The molecule has 0 amide bonds. The van der Waals surface area contributed by atoms with Gasteiger partial charge in [0.25, 0.3) is 0 Å². The lowest BCUT2D eigenvalue weighted by Crippen LogP contribution is -2.18. The van der Waals surface area contributed by atoms with Gasteiger partial charge < -0.3 is 10.1 Å². The third-order valence-electron chi connectivity index (χ3n) is 3.11. The van der Waals surface area contributed by atoms with Crippen LogP contribution in [-0.4, -0.2) is 12.1 Å². The first-order chi connectivity index (χ1) is 8.60. The van der Waals surface area contributed by atoms with Crippen LogP contribution >= 0.6 is 15.9 Å². The lowest BCUT2D eigenvalue weighted by molar-refractivity contribution is 0.265. The quantitative estimate of drug-likeness (QED) is 0.803. The summed E-state index contributed by atoms with van der Waals surface area (Å²) in [7, 11) is 0. The van der Waals surface area contributed by atoms with Gasteiger partial charge in [-0.3, -0.25) is 0 Å². The van der Waals surface area contributed by atoms with Gasteiger partial charge in [0.15, 0.2) is 0 Å². The van der Waals surface area contributed by atoms with Gasteiger partial charge in [0.05, 0.1) is 0 Å². The van der Waals surface area contributed by atoms with Crippen molar-refractivity contribution >= 4 is 15.9 Å². The van der Waals surface area contributed by atoms with Crippen LogP contribution in [0, 0.1) is 6.92 Å². The zero-order valence-electron chi connectivity index (χ0n) is 11.0. The molecular formula is C15H20BrNO. The highest BCUT2D eigenvalue weighted by molar-refractivity contribution is 9.10. The van der Waals surface area contributed by atoms with Crippen LogP contribution in [-0.2, 0) is 6.54 Å². The van der Waals surface area contributed by atoms with E-state index in [9.17, 15) is 0 Å². The number of hydrogen-bond acceptors (Lipinski definition) is 2. The maximum Gasteiger partial charge on any atom is 0.127 e. The smallest absolute Gasteiger partial charge is 0.127 e. The standard InChI is InChI=1S/C15H20BrNO/c1-4-11(3)18-15-10(2)7-13(16)8-12(15)9-17-14-5-6-14/h4,7-8,11,14,17H,1,5-6,9H2,2-3H3. The molecule has 1 atom stereocenters. The van der Waals surface area contributed by atoms with E-state index < -0.39 is 0 Å². The third kappa shape index (κ3) is 3.59. The average Bonchev–Trinajstić information content (AvgIpc) is 3.13. The van der Waals surface area contributed by atoms with Crippen molar-refractivity contribution in [2.75, 3.05) is 0 Å². The lowest BCUT2D eigenvalue weighted by atomic mass is 10.1. The van der Waals surface area contributed by atoms with Gasteiger partial charge in [-0.15, -0.1) is 0 Å². The number of ether oxygens (including phenoxy) is 1. The molecule has 1 aliphatic rings. The number of benzene rings is 1. The van der Waals surface area contributed by atoms with E-state index in [1.807, 2.05) is 13.0 Å². The maximum absolute atomic E-state index is 5.95. The van der Waals surface area contributed by atoms with E-state index in [0.717, 1.165) is 22.3 Å². The summed E-state index contributed by atoms with van der Waals surface area (Å²) >= 11 is 3.55. The second-order valence-electron chi connectivity index (χ2n) is 4.92. The molecular weight excluding hydrogens is 290 g/mol. The van der Waals surface area contributed by atoms with E-state index in [1.54, 1.807) is 0 Å². The molecule has 0 radical (unpaired) electrons. The third-order valence-corrected chi connectivity index (χ3v) is 3.57. The van der Waals surface area contributed by atoms with Crippen molar-refractivity contribution in [3.8, 4) is 5.75 Å². The molecule has 2 nitrogen and oxygen atoms in total. The normalized spacial score (nSPS) is 16.4. The predicted molar refractivity (Wildman–Crippen MR) is 79.0 cm³/mol. The highest BCUT2D eigenvalue weighted by Crippen LogP contribution is 2.30. The molecule has 1 aliphatic carbocycles. The van der Waals surface area contributed by atoms with Crippen molar-refractivity contribution in [1.29, 1.82) is 0 Å². The Bertz CT molecular complexity index is 440. The Hall–Kier alpha value is -0.800. The van der Waals surface area contributed by atoms with Crippen LogP contribution in [0.3, 0.4) is 0 Å². The van der Waals surface area contributed by atoms with Gasteiger partial charge in [-0.05, 0) is 44.4 Å². The predicted octanol–water partition coefficient (Wildman–Crippen LogP) is 3.96. The number of rotatable bonds is 6. The number of hydrogen-bond donors (Lipinski definition) is 1. The molecule has 1 N–H and O–H groups in total. The monoisotopic (exact) mass is 309 g/mol. The van der Waals surface area contributed by atoms with Crippen LogP contribution < -0.4 is 10.1 Å². The van der Waals surface area contributed by atoms with Crippen molar-refractivity contribution in [3.63, 3.8) is 0 Å². The van der Waals surface area contributed by atoms with Gasteiger partial charge >= 0.3 is 0 Å². The van der Waals surface area contributed by atoms with Crippen molar-refractivity contribution in [1.82, 2.24) is 5.32 Å². The Morgan fingerprint density at radius 2 is 2.28 bits per heavy atom. The van der Waals surface area contributed by atoms with Crippen molar-refractivity contribution < 1.29 is 4.74 Å². The van der Waals surface area contributed by atoms with Crippen molar-refractivity contribution in [2.45, 2.75) is 45.4 Å². The zero-order valence-corrected chi connectivity index (χ0v) is 12.6. The average molecular weight is 310 g/mol. The minimum Gasteiger partial charge on any atom is -0.486 e. The molecule has 1 saturated carbocycles. The summed E-state index contributed by atoms with van der Waals surface area (Å²) in [6.07, 6.45) is 4.45. The van der Waals surface area contributed by atoms with E-state index in [-0.39, 0.29) is 6.10 Å². The Kier molecular flexibility index (Phi) is 4.46. The fourth-order valence-electron chi connectivity index (χ4n) is 1.87. The maximum atomic E-state index is 5.95. The number of nitrogens with one attached hydrogen (secondary N) is 1. The Morgan fingerprint density at radius 3 is 2.89 bits per heavy atom. The fraction of sp³-hybridized carbons (Fsp3) is 0.467. The largest absolute Gasteiger partial charge is 0.486 e. The van der Waals surface area contributed by atoms with Crippen LogP contribution in [0.25, 0.3) is 0 Å². The Morgan fingerprint density at radius 1 is 1.56 bits per heavy atom. The molecule has 0 aliphatic heterocycles. The summed E-state index contributed by atoms with van der Waals surface area (Å²) in [5.74, 6) is 0.985. The van der Waals surface area contributed by atoms with E-state index in [2.05, 4.69) is 46.9 Å². The number of halogens is 1. The SMILES string of the molecule is C=CC(C)Oc1c(C)cc(Br)cc1CNC1CC1. The topological polar surface area (TPSA) is 21.3 Å². The minimum absolute atomic E-state index is 0.0320. The van der Waals surface area contributed by atoms with E-state index in [1.165, 1.54) is 18.4 Å². The minimum atomic E-state index is 0.0320. The summed E-state index contributed by atoms with van der Waals surface area (Å²) in [6, 6.07) is 4.92. The number of aryl methyl sites for hydroxylation is 1. The summed E-state index contributed by atoms with van der Waals surface area (Å²) in [5.41, 5.74) is 2.37. The Labute approximate surface area is 118 Å². The van der Waals surface area contributed by atoms with Gasteiger partial charge in [-0.25, -0.2) is 0 Å². The molecule has 1 unspecified atom stereocenters. The molecule has 0 aromatic heterocycles. The summed E-state index contributed by atoms with van der Waals surface area (Å²) in [5, 5.41) is 3.53. The molecule has 0 bridgehead atoms. The molecule has 0 saturated heterocycles. The first kappa shape index (κ1) is 13.6. The van der Waals surface area contributed by atoms with Gasteiger partial charge in [-0.1, -0.05) is 28.6 Å². The summed E-state index contributed by atoms with van der Waals surface area (Å²) in [4.78, 5) is 0. The lowest BCUT2D eigenvalue weighted by Gasteiger charge is -2.18. The first-order valence-corrected chi connectivity index (χ1v) is 7.21. The highest BCUT2D eigenvalue weighted by Gasteiger charge is 2.21. The van der Waals surface area contributed by atoms with Gasteiger partial charge in [-0.2, -0.15) is 0 Å². The Balaban J connectivity index is 2.19. The summed E-state index contributed by atoms with van der Waals surface area (Å²) in [6.45, 7) is 8.72. The molecule has 18 heavy (non-hydrogen) atoms. The molecule has 1 aromatic rings. The van der Waals surface area contributed by atoms with Gasteiger partial charge in [0.1, 0.15) is 11.9 Å². The van der Waals surface area contributed by atoms with E-state index in [4.69, 9.17) is 4.74 Å². The van der Waals surface area contributed by atoms with Crippen LogP contribution in [0.4, 0.5) is 0 Å². The second-order valence-corrected chi connectivity index (χ2v) is 5.84.